The molecule has 1 aliphatic heterocycles. The fourth-order valence-electron chi connectivity index (χ4n) is 7.32. The van der Waals surface area contributed by atoms with E-state index in [1.54, 1.807) is 12.1 Å². The van der Waals surface area contributed by atoms with Crippen molar-refractivity contribution >= 4 is 18.9 Å². The van der Waals surface area contributed by atoms with E-state index in [1.165, 1.54) is 6.42 Å². The lowest BCUT2D eigenvalue weighted by atomic mass is 9.43. The second-order valence-corrected chi connectivity index (χ2v) is 13.1. The first-order valence-corrected chi connectivity index (χ1v) is 14.5. The van der Waals surface area contributed by atoms with Crippen molar-refractivity contribution in [1.82, 2.24) is 10.6 Å². The van der Waals surface area contributed by atoms with E-state index in [0.717, 1.165) is 24.0 Å². The molecule has 2 amide bonds. The van der Waals surface area contributed by atoms with Gasteiger partial charge in [0, 0.05) is 5.56 Å². The van der Waals surface area contributed by atoms with Crippen LogP contribution in [0.2, 0.25) is 0 Å². The molecule has 3 unspecified atom stereocenters. The molecule has 2 aromatic carbocycles. The largest absolute Gasteiger partial charge is 0.481 e. The first kappa shape index (κ1) is 27.9. The van der Waals surface area contributed by atoms with Gasteiger partial charge in [-0.2, -0.15) is 0 Å². The highest BCUT2D eigenvalue weighted by molar-refractivity contribution is 6.47. The van der Waals surface area contributed by atoms with Crippen LogP contribution in [0, 0.1) is 30.1 Å². The van der Waals surface area contributed by atoms with Crippen molar-refractivity contribution in [2.24, 2.45) is 23.2 Å². The molecule has 208 valence electrons. The molecular formula is C32H43BN2O4. The predicted octanol–water partition coefficient (Wildman–Crippen LogP) is 5.65. The van der Waals surface area contributed by atoms with E-state index in [2.05, 4.69) is 45.3 Å². The van der Waals surface area contributed by atoms with E-state index in [4.69, 9.17) is 9.31 Å². The summed E-state index contributed by atoms with van der Waals surface area (Å²) >= 11 is 0. The zero-order chi connectivity index (χ0) is 27.9. The third kappa shape index (κ3) is 5.40. The summed E-state index contributed by atoms with van der Waals surface area (Å²) in [6.07, 6.45) is 3.15. The highest BCUT2D eigenvalue weighted by Crippen LogP contribution is 2.65. The Morgan fingerprint density at radius 3 is 2.36 bits per heavy atom. The maximum absolute atomic E-state index is 13.6. The molecular weight excluding hydrogens is 487 g/mol. The number of hydrogen-bond acceptors (Lipinski definition) is 4. The lowest BCUT2D eigenvalue weighted by Crippen LogP contribution is -2.65. The van der Waals surface area contributed by atoms with Gasteiger partial charge >= 0.3 is 7.12 Å². The Balaban J connectivity index is 1.32. The highest BCUT2D eigenvalue weighted by Gasteiger charge is 2.68. The average molecular weight is 531 g/mol. The molecule has 0 spiro atoms. The first-order valence-electron chi connectivity index (χ1n) is 14.5. The summed E-state index contributed by atoms with van der Waals surface area (Å²) in [6, 6.07) is 16.6. The number of carbonyl (C=O) groups is 2. The summed E-state index contributed by atoms with van der Waals surface area (Å²) in [5, 5.41) is 6.37. The van der Waals surface area contributed by atoms with E-state index in [1.807, 2.05) is 49.4 Å². The molecule has 39 heavy (non-hydrogen) atoms. The van der Waals surface area contributed by atoms with Gasteiger partial charge in [-0.1, -0.05) is 70.2 Å². The summed E-state index contributed by atoms with van der Waals surface area (Å²) in [6.45, 7) is 13.2. The van der Waals surface area contributed by atoms with Crippen LogP contribution < -0.4 is 10.6 Å². The van der Waals surface area contributed by atoms with Gasteiger partial charge in [0.05, 0.1) is 30.1 Å². The second kappa shape index (κ2) is 10.7. The topological polar surface area (TPSA) is 76.7 Å². The molecule has 1 heterocycles. The van der Waals surface area contributed by atoms with Gasteiger partial charge in [-0.25, -0.2) is 0 Å². The van der Waals surface area contributed by atoms with Crippen LogP contribution in [-0.4, -0.2) is 36.6 Å². The van der Waals surface area contributed by atoms with Crippen LogP contribution in [-0.2, 0) is 14.1 Å². The van der Waals surface area contributed by atoms with Crippen LogP contribution in [0.25, 0.3) is 0 Å². The van der Waals surface area contributed by atoms with Crippen molar-refractivity contribution in [3.63, 3.8) is 0 Å². The molecule has 6 rings (SSSR count). The van der Waals surface area contributed by atoms with Gasteiger partial charge in [0.15, 0.2) is 0 Å². The van der Waals surface area contributed by atoms with Crippen LogP contribution in [0.5, 0.6) is 0 Å². The third-order valence-electron chi connectivity index (χ3n) is 9.66. The molecule has 2 aromatic rings. The smallest absolute Gasteiger partial charge is 0.404 e. The fraction of sp³-hybridized carbons (Fsp3) is 0.562. The van der Waals surface area contributed by atoms with Gasteiger partial charge in [-0.3, -0.25) is 9.59 Å². The molecule has 2 N–H and O–H groups in total. The zero-order valence-electron chi connectivity index (χ0n) is 24.2. The lowest BCUT2D eigenvalue weighted by molar-refractivity contribution is -0.199. The lowest BCUT2D eigenvalue weighted by Gasteiger charge is -2.64. The molecule has 2 bridgehead atoms. The quantitative estimate of drug-likeness (QED) is 0.411. The van der Waals surface area contributed by atoms with Crippen molar-refractivity contribution in [2.75, 3.05) is 0 Å². The molecule has 4 aliphatic rings. The SMILES string of the molecule is Cc1ccccc1C(CC(=O)N[C@@H](CC(C)C)B1O[C@@H]2CC3CC(C3(C)C)[C@]2(C)O1)NC(=O)c1ccccc1. The number of hydrogen-bond donors (Lipinski definition) is 2. The standard InChI is InChI=1S/C32H43BN2O4/c1-20(2)16-28(33-38-27-18-23-17-26(31(23,4)5)32(27,6)39-33)35-29(36)19-25(24-15-11-10-12-21(24)3)34-30(37)22-13-8-7-9-14-22/h7-15,20,23,25-28H,16-19H2,1-6H3,(H,34,37)(H,35,36)/t23?,25?,26?,27-,28+,32+/m1/s1. The van der Waals surface area contributed by atoms with Crippen molar-refractivity contribution < 1.29 is 18.9 Å². The zero-order valence-corrected chi connectivity index (χ0v) is 24.2. The number of carbonyl (C=O) groups excluding carboxylic acids is 2. The Labute approximate surface area is 233 Å². The van der Waals surface area contributed by atoms with E-state index in [-0.39, 0.29) is 41.3 Å². The minimum atomic E-state index is -0.475. The average Bonchev–Trinajstić information content (AvgIpc) is 3.25. The third-order valence-corrected chi connectivity index (χ3v) is 9.66. The van der Waals surface area contributed by atoms with Crippen LogP contribution >= 0.6 is 0 Å². The highest BCUT2D eigenvalue weighted by atomic mass is 16.7. The Kier molecular flexibility index (Phi) is 7.69. The summed E-state index contributed by atoms with van der Waals surface area (Å²) in [7, 11) is -0.475. The number of rotatable bonds is 9. The number of aryl methyl sites for hydroxylation is 1. The van der Waals surface area contributed by atoms with E-state index in [0.29, 0.717) is 23.3 Å². The van der Waals surface area contributed by atoms with Crippen LogP contribution in [0.3, 0.4) is 0 Å². The van der Waals surface area contributed by atoms with Crippen LogP contribution in [0.15, 0.2) is 54.6 Å². The summed E-state index contributed by atoms with van der Waals surface area (Å²) in [5.41, 5.74) is 2.47. The van der Waals surface area contributed by atoms with Gasteiger partial charge < -0.3 is 19.9 Å². The second-order valence-electron chi connectivity index (χ2n) is 13.1. The van der Waals surface area contributed by atoms with Crippen molar-refractivity contribution in [1.29, 1.82) is 0 Å². The van der Waals surface area contributed by atoms with Crippen molar-refractivity contribution in [3.8, 4) is 0 Å². The Bertz CT molecular complexity index is 1200. The molecule has 1 saturated heterocycles. The van der Waals surface area contributed by atoms with E-state index in [9.17, 15) is 9.59 Å². The maximum atomic E-state index is 13.6. The first-order chi connectivity index (χ1) is 18.5. The summed E-state index contributed by atoms with van der Waals surface area (Å²) in [5.74, 6) is 0.906. The van der Waals surface area contributed by atoms with Gasteiger partial charge in [0.2, 0.25) is 5.91 Å². The van der Waals surface area contributed by atoms with Crippen LogP contribution in [0.1, 0.15) is 87.8 Å². The number of benzene rings is 2. The Morgan fingerprint density at radius 1 is 1.00 bits per heavy atom. The van der Waals surface area contributed by atoms with Gasteiger partial charge in [-0.05, 0) is 79.5 Å². The van der Waals surface area contributed by atoms with Crippen molar-refractivity contribution in [2.45, 2.75) is 90.9 Å². The molecule has 4 fully saturated rings. The molecule has 0 aromatic heterocycles. The number of amides is 2. The van der Waals surface area contributed by atoms with Gasteiger partial charge in [0.25, 0.3) is 5.91 Å². The van der Waals surface area contributed by atoms with E-state index < -0.39 is 13.2 Å². The Morgan fingerprint density at radius 2 is 1.69 bits per heavy atom. The predicted molar refractivity (Wildman–Crippen MR) is 154 cm³/mol. The molecule has 6 atom stereocenters. The molecule has 3 saturated carbocycles. The van der Waals surface area contributed by atoms with E-state index >= 15 is 0 Å². The Hall–Kier alpha value is -2.64. The maximum Gasteiger partial charge on any atom is 0.481 e. The molecule has 3 aliphatic carbocycles. The molecule has 0 radical (unpaired) electrons. The normalized spacial score (nSPS) is 28.3. The summed E-state index contributed by atoms with van der Waals surface area (Å²) < 4.78 is 13.3. The van der Waals surface area contributed by atoms with Crippen LogP contribution in [0.4, 0.5) is 0 Å². The molecule has 6 nitrogen and oxygen atoms in total. The summed E-state index contributed by atoms with van der Waals surface area (Å²) in [4.78, 5) is 26.7. The van der Waals surface area contributed by atoms with Crippen molar-refractivity contribution in [3.05, 3.63) is 71.3 Å². The number of nitrogens with one attached hydrogen (secondary N) is 2. The minimum absolute atomic E-state index is 0.0655. The van der Waals surface area contributed by atoms with Gasteiger partial charge in [-0.15, -0.1) is 0 Å². The molecule has 7 heteroatoms. The minimum Gasteiger partial charge on any atom is -0.404 e. The monoisotopic (exact) mass is 530 g/mol. The van der Waals surface area contributed by atoms with Gasteiger partial charge in [0.1, 0.15) is 0 Å². The fourth-order valence-corrected chi connectivity index (χ4v) is 7.32.